The SMILES string of the molecule is COc1cc([C@H]2Nc3ccc(Br)cc3[C@H](c3ccccc3)O2)cc(OC)c1OC. The molecule has 0 unspecified atom stereocenters. The number of benzene rings is 3. The number of ether oxygens (including phenoxy) is 4. The zero-order valence-corrected chi connectivity index (χ0v) is 18.0. The molecule has 4 rings (SSSR count). The molecule has 0 bridgehead atoms. The van der Waals surface area contributed by atoms with Crippen LogP contribution in [-0.2, 0) is 4.74 Å². The van der Waals surface area contributed by atoms with Gasteiger partial charge in [-0.05, 0) is 35.9 Å². The second kappa shape index (κ2) is 8.35. The van der Waals surface area contributed by atoms with Crippen LogP contribution in [0.1, 0.15) is 29.0 Å². The minimum absolute atomic E-state index is 0.214. The van der Waals surface area contributed by atoms with Crippen LogP contribution in [0.4, 0.5) is 5.69 Å². The van der Waals surface area contributed by atoms with Gasteiger partial charge in [-0.3, -0.25) is 0 Å². The average molecular weight is 456 g/mol. The van der Waals surface area contributed by atoms with E-state index in [2.05, 4.69) is 45.5 Å². The molecule has 0 radical (unpaired) electrons. The standard InChI is InChI=1S/C23H22BrNO4/c1-26-19-11-15(12-20(27-2)22(19)28-3)23-25-18-10-9-16(24)13-17(18)21(29-23)14-7-5-4-6-8-14/h4-13,21,23,25H,1-3H3/t21-,23-/m0/s1. The molecule has 0 amide bonds. The molecule has 3 aromatic carbocycles. The highest BCUT2D eigenvalue weighted by Gasteiger charge is 2.30. The molecule has 0 aromatic heterocycles. The van der Waals surface area contributed by atoms with Crippen LogP contribution < -0.4 is 19.5 Å². The zero-order chi connectivity index (χ0) is 20.4. The largest absolute Gasteiger partial charge is 0.493 e. The summed E-state index contributed by atoms with van der Waals surface area (Å²) in [6.45, 7) is 0. The summed E-state index contributed by atoms with van der Waals surface area (Å²) in [5, 5.41) is 3.49. The zero-order valence-electron chi connectivity index (χ0n) is 16.4. The van der Waals surface area contributed by atoms with Crippen LogP contribution in [0.2, 0.25) is 0 Å². The van der Waals surface area contributed by atoms with Gasteiger partial charge in [-0.25, -0.2) is 0 Å². The van der Waals surface area contributed by atoms with Crippen molar-refractivity contribution in [1.82, 2.24) is 0 Å². The fourth-order valence-electron chi connectivity index (χ4n) is 3.57. The molecule has 6 heteroatoms. The first-order valence-corrected chi connectivity index (χ1v) is 10.00. The van der Waals surface area contributed by atoms with Gasteiger partial charge in [0.1, 0.15) is 6.10 Å². The number of hydrogen-bond donors (Lipinski definition) is 1. The minimum atomic E-state index is -0.386. The molecule has 150 valence electrons. The Morgan fingerprint density at radius 2 is 1.52 bits per heavy atom. The second-order valence-corrected chi connectivity index (χ2v) is 7.56. The highest BCUT2D eigenvalue weighted by atomic mass is 79.9. The molecular weight excluding hydrogens is 434 g/mol. The van der Waals surface area contributed by atoms with E-state index in [1.165, 1.54) is 0 Å². The molecule has 29 heavy (non-hydrogen) atoms. The molecule has 0 saturated carbocycles. The first-order valence-electron chi connectivity index (χ1n) is 9.21. The normalized spacial score (nSPS) is 17.8. The van der Waals surface area contributed by atoms with E-state index in [0.29, 0.717) is 17.2 Å². The number of halogens is 1. The Bertz CT molecular complexity index is 984. The summed E-state index contributed by atoms with van der Waals surface area (Å²) >= 11 is 3.57. The van der Waals surface area contributed by atoms with Gasteiger partial charge in [0.2, 0.25) is 5.75 Å². The maximum absolute atomic E-state index is 6.53. The van der Waals surface area contributed by atoms with Crippen LogP contribution in [0.5, 0.6) is 17.2 Å². The molecule has 0 aliphatic carbocycles. The lowest BCUT2D eigenvalue weighted by molar-refractivity contribution is 0.0154. The van der Waals surface area contributed by atoms with Crippen LogP contribution >= 0.6 is 15.9 Å². The van der Waals surface area contributed by atoms with E-state index in [1.54, 1.807) is 21.3 Å². The van der Waals surface area contributed by atoms with Crippen LogP contribution in [-0.4, -0.2) is 21.3 Å². The number of fused-ring (bicyclic) bond motifs is 1. The first-order chi connectivity index (χ1) is 14.1. The van der Waals surface area contributed by atoms with E-state index in [4.69, 9.17) is 18.9 Å². The average Bonchev–Trinajstić information content (AvgIpc) is 2.77. The summed E-state index contributed by atoms with van der Waals surface area (Å²) in [7, 11) is 4.81. The third-order valence-corrected chi connectivity index (χ3v) is 5.44. The van der Waals surface area contributed by atoms with Gasteiger partial charge >= 0.3 is 0 Å². The molecular formula is C23H22BrNO4. The quantitative estimate of drug-likeness (QED) is 0.534. The van der Waals surface area contributed by atoms with Gasteiger partial charge in [0, 0.05) is 21.3 Å². The van der Waals surface area contributed by atoms with Crippen LogP contribution in [0.3, 0.4) is 0 Å². The van der Waals surface area contributed by atoms with Crippen molar-refractivity contribution in [2.75, 3.05) is 26.6 Å². The molecule has 0 saturated heterocycles. The first kappa shape index (κ1) is 19.6. The lowest BCUT2D eigenvalue weighted by Crippen LogP contribution is -2.25. The van der Waals surface area contributed by atoms with Crippen molar-refractivity contribution >= 4 is 21.6 Å². The molecule has 1 heterocycles. The highest BCUT2D eigenvalue weighted by Crippen LogP contribution is 2.45. The van der Waals surface area contributed by atoms with Crippen LogP contribution in [0.15, 0.2) is 65.1 Å². The van der Waals surface area contributed by atoms with Crippen molar-refractivity contribution in [1.29, 1.82) is 0 Å². The van der Waals surface area contributed by atoms with Crippen LogP contribution in [0.25, 0.3) is 0 Å². The van der Waals surface area contributed by atoms with Gasteiger partial charge in [-0.1, -0.05) is 46.3 Å². The van der Waals surface area contributed by atoms with Crippen molar-refractivity contribution < 1.29 is 18.9 Å². The molecule has 1 aliphatic rings. The Balaban J connectivity index is 1.79. The summed E-state index contributed by atoms with van der Waals surface area (Å²) < 4.78 is 24.0. The number of methoxy groups -OCH3 is 3. The molecule has 1 aliphatic heterocycles. The van der Waals surface area contributed by atoms with E-state index < -0.39 is 0 Å². The predicted molar refractivity (Wildman–Crippen MR) is 116 cm³/mol. The molecule has 1 N–H and O–H groups in total. The van der Waals surface area contributed by atoms with Crippen molar-refractivity contribution in [2.45, 2.75) is 12.3 Å². The Morgan fingerprint density at radius 1 is 0.828 bits per heavy atom. The number of anilines is 1. The maximum Gasteiger partial charge on any atom is 0.203 e. The molecule has 2 atom stereocenters. The third kappa shape index (κ3) is 3.78. The summed E-state index contributed by atoms with van der Waals surface area (Å²) in [4.78, 5) is 0. The smallest absolute Gasteiger partial charge is 0.203 e. The fraction of sp³-hybridized carbons (Fsp3) is 0.217. The second-order valence-electron chi connectivity index (χ2n) is 6.64. The Kier molecular flexibility index (Phi) is 5.65. The van der Waals surface area contributed by atoms with Crippen molar-refractivity contribution in [3.63, 3.8) is 0 Å². The van der Waals surface area contributed by atoms with Crippen molar-refractivity contribution in [3.8, 4) is 17.2 Å². The van der Waals surface area contributed by atoms with Gasteiger partial charge in [0.05, 0.1) is 21.3 Å². The van der Waals surface area contributed by atoms with E-state index in [9.17, 15) is 0 Å². The van der Waals surface area contributed by atoms with E-state index in [1.807, 2.05) is 36.4 Å². The van der Waals surface area contributed by atoms with Gasteiger partial charge < -0.3 is 24.3 Å². The third-order valence-electron chi connectivity index (χ3n) is 4.95. The lowest BCUT2D eigenvalue weighted by Gasteiger charge is -2.34. The Hall–Kier alpha value is -2.70. The lowest BCUT2D eigenvalue weighted by atomic mass is 9.97. The minimum Gasteiger partial charge on any atom is -0.493 e. The predicted octanol–water partition coefficient (Wildman–Crippen LogP) is 5.71. The van der Waals surface area contributed by atoms with Crippen LogP contribution in [0, 0.1) is 0 Å². The monoisotopic (exact) mass is 455 g/mol. The van der Waals surface area contributed by atoms with Gasteiger partial charge in [0.15, 0.2) is 17.7 Å². The summed E-state index contributed by atoms with van der Waals surface area (Å²) in [6, 6.07) is 20.2. The molecule has 0 spiro atoms. The maximum atomic E-state index is 6.53. The summed E-state index contributed by atoms with van der Waals surface area (Å²) in [5.74, 6) is 1.73. The Labute approximate surface area is 178 Å². The molecule has 5 nitrogen and oxygen atoms in total. The van der Waals surface area contributed by atoms with E-state index in [-0.39, 0.29) is 12.3 Å². The van der Waals surface area contributed by atoms with E-state index >= 15 is 0 Å². The van der Waals surface area contributed by atoms with Crippen molar-refractivity contribution in [3.05, 3.63) is 81.8 Å². The van der Waals surface area contributed by atoms with Crippen molar-refractivity contribution in [2.24, 2.45) is 0 Å². The topological polar surface area (TPSA) is 49.0 Å². The van der Waals surface area contributed by atoms with Gasteiger partial charge in [0.25, 0.3) is 0 Å². The Morgan fingerprint density at radius 3 is 2.14 bits per heavy atom. The number of hydrogen-bond acceptors (Lipinski definition) is 5. The van der Waals surface area contributed by atoms with Gasteiger partial charge in [-0.2, -0.15) is 0 Å². The number of nitrogens with one attached hydrogen (secondary N) is 1. The summed E-state index contributed by atoms with van der Waals surface area (Å²) in [5.41, 5.74) is 4.07. The highest BCUT2D eigenvalue weighted by molar-refractivity contribution is 9.10. The fourth-order valence-corrected chi connectivity index (χ4v) is 3.95. The van der Waals surface area contributed by atoms with E-state index in [0.717, 1.165) is 26.9 Å². The molecule has 3 aromatic rings. The summed E-state index contributed by atoms with van der Waals surface area (Å²) in [6.07, 6.45) is -0.600. The number of rotatable bonds is 5. The molecule has 0 fully saturated rings. The van der Waals surface area contributed by atoms with Gasteiger partial charge in [-0.15, -0.1) is 0 Å².